The van der Waals surface area contributed by atoms with E-state index in [1.165, 1.54) is 12.8 Å². The summed E-state index contributed by atoms with van der Waals surface area (Å²) in [4.78, 5) is 9.45. The fraction of sp³-hybridized carbons (Fsp3) is 0.579. The molecule has 6 nitrogen and oxygen atoms in total. The van der Waals surface area contributed by atoms with E-state index in [1.807, 2.05) is 30.3 Å². The van der Waals surface area contributed by atoms with Gasteiger partial charge in [0, 0.05) is 38.6 Å². The van der Waals surface area contributed by atoms with Gasteiger partial charge in [-0.1, -0.05) is 23.4 Å². The van der Waals surface area contributed by atoms with Crippen LogP contribution in [0.4, 0.5) is 0 Å². The molecule has 0 bridgehead atoms. The predicted octanol–water partition coefficient (Wildman–Crippen LogP) is 2.53. The Labute approximate surface area is 148 Å². The first-order chi connectivity index (χ1) is 12.4. The Kier molecular flexibility index (Phi) is 5.28. The van der Waals surface area contributed by atoms with E-state index in [1.54, 1.807) is 0 Å². The SMILES string of the molecule is c1ccc(OCCCN2CCN(Cc3noc(C4CC4)n3)CC2)cc1. The number of piperazine rings is 1. The molecular weight excluding hydrogens is 316 g/mol. The second-order valence-corrected chi connectivity index (χ2v) is 6.96. The van der Waals surface area contributed by atoms with E-state index in [-0.39, 0.29) is 0 Å². The molecule has 0 amide bonds. The van der Waals surface area contributed by atoms with Gasteiger partial charge in [0.2, 0.25) is 5.89 Å². The summed E-state index contributed by atoms with van der Waals surface area (Å²) in [6.07, 6.45) is 3.47. The van der Waals surface area contributed by atoms with E-state index in [2.05, 4.69) is 19.9 Å². The minimum absolute atomic E-state index is 0.538. The zero-order valence-electron chi connectivity index (χ0n) is 14.6. The predicted molar refractivity (Wildman–Crippen MR) is 94.5 cm³/mol. The molecule has 0 N–H and O–H groups in total. The second-order valence-electron chi connectivity index (χ2n) is 6.96. The molecule has 134 valence electrons. The van der Waals surface area contributed by atoms with E-state index in [9.17, 15) is 0 Å². The number of rotatable bonds is 8. The van der Waals surface area contributed by atoms with Gasteiger partial charge >= 0.3 is 0 Å². The third kappa shape index (κ3) is 4.80. The Morgan fingerprint density at radius 3 is 2.56 bits per heavy atom. The summed E-state index contributed by atoms with van der Waals surface area (Å²) in [6.45, 7) is 6.99. The average molecular weight is 342 g/mol. The zero-order valence-corrected chi connectivity index (χ0v) is 14.6. The van der Waals surface area contributed by atoms with Gasteiger partial charge in [0.1, 0.15) is 5.75 Å². The number of benzene rings is 1. The topological polar surface area (TPSA) is 54.6 Å². The third-order valence-electron chi connectivity index (χ3n) is 4.87. The highest BCUT2D eigenvalue weighted by Crippen LogP contribution is 2.38. The van der Waals surface area contributed by atoms with E-state index in [4.69, 9.17) is 9.26 Å². The van der Waals surface area contributed by atoms with Gasteiger partial charge in [-0.05, 0) is 31.4 Å². The molecule has 25 heavy (non-hydrogen) atoms. The van der Waals surface area contributed by atoms with Crippen molar-refractivity contribution in [2.45, 2.75) is 31.7 Å². The molecule has 1 saturated carbocycles. The molecule has 6 heteroatoms. The molecular formula is C19H26N4O2. The molecule has 0 radical (unpaired) electrons. The zero-order chi connectivity index (χ0) is 16.9. The number of hydrogen-bond donors (Lipinski definition) is 0. The molecule has 2 heterocycles. The van der Waals surface area contributed by atoms with Gasteiger partial charge < -0.3 is 14.2 Å². The van der Waals surface area contributed by atoms with Crippen LogP contribution in [0, 0.1) is 0 Å². The first-order valence-electron chi connectivity index (χ1n) is 9.32. The molecule has 2 aliphatic rings. The summed E-state index contributed by atoms with van der Waals surface area (Å²) in [5, 5.41) is 4.12. The molecule has 2 fully saturated rings. The lowest BCUT2D eigenvalue weighted by Crippen LogP contribution is -2.46. The Hall–Kier alpha value is -1.92. The molecule has 1 aromatic carbocycles. The highest BCUT2D eigenvalue weighted by molar-refractivity contribution is 5.20. The van der Waals surface area contributed by atoms with Crippen LogP contribution in [0.25, 0.3) is 0 Å². The van der Waals surface area contributed by atoms with Crippen molar-refractivity contribution in [2.24, 2.45) is 0 Å². The lowest BCUT2D eigenvalue weighted by Gasteiger charge is -2.33. The molecule has 1 saturated heterocycles. The summed E-state index contributed by atoms with van der Waals surface area (Å²) < 4.78 is 11.1. The Bertz CT molecular complexity index is 648. The number of nitrogens with zero attached hydrogens (tertiary/aromatic N) is 4. The second kappa shape index (κ2) is 7.97. The highest BCUT2D eigenvalue weighted by Gasteiger charge is 2.30. The van der Waals surface area contributed by atoms with Crippen molar-refractivity contribution < 1.29 is 9.26 Å². The van der Waals surface area contributed by atoms with Gasteiger partial charge in [-0.25, -0.2) is 0 Å². The van der Waals surface area contributed by atoms with Crippen LogP contribution in [0.5, 0.6) is 5.75 Å². The van der Waals surface area contributed by atoms with Crippen LogP contribution in [0.3, 0.4) is 0 Å². The number of aromatic nitrogens is 2. The van der Waals surface area contributed by atoms with Crippen molar-refractivity contribution in [3.63, 3.8) is 0 Å². The Balaban J connectivity index is 1.12. The van der Waals surface area contributed by atoms with Crippen molar-refractivity contribution in [2.75, 3.05) is 39.3 Å². The molecule has 0 atom stereocenters. The monoisotopic (exact) mass is 342 g/mol. The van der Waals surface area contributed by atoms with Gasteiger partial charge in [-0.15, -0.1) is 0 Å². The van der Waals surface area contributed by atoms with Crippen LogP contribution in [-0.2, 0) is 6.54 Å². The maximum Gasteiger partial charge on any atom is 0.229 e. The first kappa shape index (κ1) is 16.5. The molecule has 4 rings (SSSR count). The Morgan fingerprint density at radius 1 is 1.04 bits per heavy atom. The first-order valence-corrected chi connectivity index (χ1v) is 9.32. The molecule has 2 aromatic rings. The quantitative estimate of drug-likeness (QED) is 0.687. The van der Waals surface area contributed by atoms with Crippen LogP contribution in [0.1, 0.15) is 36.9 Å². The Morgan fingerprint density at radius 2 is 1.80 bits per heavy atom. The van der Waals surface area contributed by atoms with Crippen LogP contribution in [0.2, 0.25) is 0 Å². The number of hydrogen-bond acceptors (Lipinski definition) is 6. The largest absolute Gasteiger partial charge is 0.494 e. The van der Waals surface area contributed by atoms with Crippen molar-refractivity contribution in [3.8, 4) is 5.75 Å². The lowest BCUT2D eigenvalue weighted by molar-refractivity contribution is 0.118. The molecule has 1 aliphatic heterocycles. The van der Waals surface area contributed by atoms with Crippen LogP contribution in [0.15, 0.2) is 34.9 Å². The van der Waals surface area contributed by atoms with Crippen molar-refractivity contribution in [3.05, 3.63) is 42.0 Å². The van der Waals surface area contributed by atoms with Gasteiger partial charge in [0.05, 0.1) is 13.2 Å². The third-order valence-corrected chi connectivity index (χ3v) is 4.87. The minimum atomic E-state index is 0.538. The molecule has 1 aromatic heterocycles. The van der Waals surface area contributed by atoms with Crippen molar-refractivity contribution in [1.29, 1.82) is 0 Å². The van der Waals surface area contributed by atoms with E-state index >= 15 is 0 Å². The smallest absolute Gasteiger partial charge is 0.229 e. The van der Waals surface area contributed by atoms with E-state index < -0.39 is 0 Å². The number of para-hydroxylation sites is 1. The van der Waals surface area contributed by atoms with Gasteiger partial charge in [0.15, 0.2) is 5.82 Å². The average Bonchev–Trinajstić information content (AvgIpc) is 3.41. The highest BCUT2D eigenvalue weighted by atomic mass is 16.5. The standard InChI is InChI=1S/C19H26N4O2/c1-2-5-17(6-3-1)24-14-4-9-22-10-12-23(13-11-22)15-18-20-19(25-21-18)16-7-8-16/h1-3,5-6,16H,4,7-15H2. The molecule has 0 spiro atoms. The fourth-order valence-corrected chi connectivity index (χ4v) is 3.19. The van der Waals surface area contributed by atoms with Crippen molar-refractivity contribution in [1.82, 2.24) is 19.9 Å². The van der Waals surface area contributed by atoms with Crippen LogP contribution < -0.4 is 4.74 Å². The maximum absolute atomic E-state index is 5.76. The lowest BCUT2D eigenvalue weighted by atomic mass is 10.3. The van der Waals surface area contributed by atoms with Gasteiger partial charge in [0.25, 0.3) is 0 Å². The normalized spacial score (nSPS) is 19.2. The van der Waals surface area contributed by atoms with E-state index in [0.29, 0.717) is 5.92 Å². The van der Waals surface area contributed by atoms with Gasteiger partial charge in [-0.2, -0.15) is 4.98 Å². The number of ether oxygens (including phenoxy) is 1. The summed E-state index contributed by atoms with van der Waals surface area (Å²) in [5.74, 6) is 3.17. The van der Waals surface area contributed by atoms with Crippen molar-refractivity contribution >= 4 is 0 Å². The summed E-state index contributed by atoms with van der Waals surface area (Å²) >= 11 is 0. The fourth-order valence-electron chi connectivity index (χ4n) is 3.19. The van der Waals surface area contributed by atoms with Crippen LogP contribution >= 0.6 is 0 Å². The van der Waals surface area contributed by atoms with E-state index in [0.717, 1.165) is 69.8 Å². The van der Waals surface area contributed by atoms with Gasteiger partial charge in [-0.3, -0.25) is 4.90 Å². The minimum Gasteiger partial charge on any atom is -0.494 e. The molecule has 0 unspecified atom stereocenters. The summed E-state index contributed by atoms with van der Waals surface area (Å²) in [6, 6.07) is 10.0. The maximum atomic E-state index is 5.76. The summed E-state index contributed by atoms with van der Waals surface area (Å²) in [7, 11) is 0. The summed E-state index contributed by atoms with van der Waals surface area (Å²) in [5.41, 5.74) is 0. The van der Waals surface area contributed by atoms with Crippen LogP contribution in [-0.4, -0.2) is 59.3 Å². The molecule has 1 aliphatic carbocycles.